The molecule has 8 nitrogen and oxygen atoms in total. The molecule has 2 rings (SSSR count). The Bertz CT molecular complexity index is 598. The van der Waals surface area contributed by atoms with Gasteiger partial charge in [0.05, 0.1) is 12.7 Å². The number of rotatable bonds is 6. The highest BCUT2D eigenvalue weighted by atomic mass is 28.3. The zero-order chi connectivity index (χ0) is 17.3. The molecule has 2 heterocycles. The summed E-state index contributed by atoms with van der Waals surface area (Å²) in [5, 5.41) is 18.9. The van der Waals surface area contributed by atoms with E-state index in [-0.39, 0.29) is 19.0 Å². The molecule has 1 aromatic rings. The summed E-state index contributed by atoms with van der Waals surface area (Å²) in [6.07, 6.45) is 0.0736. The van der Waals surface area contributed by atoms with Crippen LogP contribution in [0.1, 0.15) is 27.2 Å². The normalized spacial score (nSPS) is 28.2. The van der Waals surface area contributed by atoms with Crippen LogP contribution in [0.15, 0.2) is 11.1 Å². The van der Waals surface area contributed by atoms with Crippen molar-refractivity contribution in [3.63, 3.8) is 0 Å². The molecule has 0 bridgehead atoms. The van der Waals surface area contributed by atoms with Crippen molar-refractivity contribution < 1.29 is 14.9 Å². The minimum Gasteiger partial charge on any atom is -0.394 e. The van der Waals surface area contributed by atoms with Crippen LogP contribution in [-0.4, -0.2) is 51.6 Å². The van der Waals surface area contributed by atoms with Crippen LogP contribution in [0.4, 0.5) is 5.95 Å². The lowest BCUT2D eigenvalue weighted by Gasteiger charge is -2.46. The van der Waals surface area contributed by atoms with Crippen LogP contribution in [0.25, 0.3) is 0 Å². The number of aliphatic hydroxyl groups excluding tert-OH is 2. The first-order valence-electron chi connectivity index (χ1n) is 8.08. The van der Waals surface area contributed by atoms with Gasteiger partial charge in [0.1, 0.15) is 25.9 Å². The predicted octanol–water partition coefficient (Wildman–Crippen LogP) is 0.0631. The SMILES string of the molecule is CC[Si](CC)(CC)[C@]1(n2cnc(N)nc2=O)C[C@H](O)[C@@H](CO)O1. The van der Waals surface area contributed by atoms with E-state index < -0.39 is 31.3 Å². The molecule has 0 aromatic carbocycles. The van der Waals surface area contributed by atoms with E-state index in [2.05, 4.69) is 30.7 Å². The zero-order valence-corrected chi connectivity index (χ0v) is 14.9. The summed E-state index contributed by atoms with van der Waals surface area (Å²) in [4.78, 5) is 20.1. The third kappa shape index (κ3) is 2.71. The molecule has 4 N–H and O–H groups in total. The van der Waals surface area contributed by atoms with Crippen LogP contribution >= 0.6 is 0 Å². The number of hydrogen-bond acceptors (Lipinski definition) is 7. The van der Waals surface area contributed by atoms with Gasteiger partial charge in [0.2, 0.25) is 5.95 Å². The maximum Gasteiger partial charge on any atom is 0.354 e. The molecule has 0 aliphatic carbocycles. The summed E-state index contributed by atoms with van der Waals surface area (Å²) in [7, 11) is -2.18. The number of anilines is 1. The Morgan fingerprint density at radius 3 is 2.48 bits per heavy atom. The highest BCUT2D eigenvalue weighted by Crippen LogP contribution is 2.46. The number of nitrogens with zero attached hydrogens (tertiary/aromatic N) is 3. The molecule has 9 heteroatoms. The second kappa shape index (κ2) is 6.68. The number of hydrogen-bond donors (Lipinski definition) is 3. The molecule has 1 saturated heterocycles. The van der Waals surface area contributed by atoms with Crippen LogP contribution < -0.4 is 11.4 Å². The van der Waals surface area contributed by atoms with E-state index in [9.17, 15) is 15.0 Å². The third-order valence-electron chi connectivity index (χ3n) is 5.41. The van der Waals surface area contributed by atoms with Crippen LogP contribution in [0.3, 0.4) is 0 Å². The summed E-state index contributed by atoms with van der Waals surface area (Å²) >= 11 is 0. The maximum absolute atomic E-state index is 12.5. The fourth-order valence-corrected chi connectivity index (χ4v) is 8.74. The quantitative estimate of drug-likeness (QED) is 0.625. The summed E-state index contributed by atoms with van der Waals surface area (Å²) in [5.41, 5.74) is 4.97. The Hall–Kier alpha value is -1.29. The van der Waals surface area contributed by atoms with Crippen LogP contribution in [0.2, 0.25) is 18.1 Å². The van der Waals surface area contributed by atoms with Gasteiger partial charge in [-0.2, -0.15) is 4.98 Å². The molecule has 130 valence electrons. The van der Waals surface area contributed by atoms with Crippen molar-refractivity contribution in [2.45, 2.75) is 62.9 Å². The summed E-state index contributed by atoms with van der Waals surface area (Å²) in [6, 6.07) is 2.63. The minimum absolute atomic E-state index is 0.0876. The van der Waals surface area contributed by atoms with E-state index in [1.165, 1.54) is 10.9 Å². The number of nitrogens with two attached hydrogens (primary N) is 1. The van der Waals surface area contributed by atoms with E-state index in [0.717, 1.165) is 18.1 Å². The average Bonchev–Trinajstić information content (AvgIpc) is 2.87. The first-order chi connectivity index (χ1) is 10.9. The van der Waals surface area contributed by atoms with Crippen molar-refractivity contribution in [2.24, 2.45) is 0 Å². The lowest BCUT2D eigenvalue weighted by atomic mass is 10.2. The lowest BCUT2D eigenvalue weighted by molar-refractivity contribution is -0.0774. The average molecular weight is 342 g/mol. The van der Waals surface area contributed by atoms with Crippen molar-refractivity contribution in [1.29, 1.82) is 0 Å². The molecule has 3 atom stereocenters. The fraction of sp³-hybridized carbons (Fsp3) is 0.786. The largest absolute Gasteiger partial charge is 0.394 e. The molecule has 0 saturated carbocycles. The first-order valence-corrected chi connectivity index (χ1v) is 10.7. The standard InChI is InChI=1S/C14H26N4O4Si/c1-4-23(5-2,6-3)14(7-10(20)11(8-19)22-14)18-9-16-12(15)17-13(18)21/h9-11,19-20H,4-8H2,1-3H3,(H2,15,17,21)/t10-,11+,14-/m0/s1. The van der Waals surface area contributed by atoms with E-state index in [0.29, 0.717) is 0 Å². The fourth-order valence-electron chi connectivity index (χ4n) is 3.88. The summed E-state index contributed by atoms with van der Waals surface area (Å²) in [5.74, 6) is -0.0876. The van der Waals surface area contributed by atoms with Gasteiger partial charge in [-0.1, -0.05) is 38.9 Å². The monoisotopic (exact) mass is 342 g/mol. The van der Waals surface area contributed by atoms with Crippen molar-refractivity contribution in [2.75, 3.05) is 12.3 Å². The van der Waals surface area contributed by atoms with Gasteiger partial charge in [0.25, 0.3) is 0 Å². The smallest absolute Gasteiger partial charge is 0.354 e. The first kappa shape index (κ1) is 18.1. The molecule has 0 unspecified atom stereocenters. The van der Waals surface area contributed by atoms with E-state index >= 15 is 0 Å². The Morgan fingerprint density at radius 2 is 2.04 bits per heavy atom. The number of ether oxygens (including phenoxy) is 1. The van der Waals surface area contributed by atoms with Crippen molar-refractivity contribution in [3.05, 3.63) is 16.8 Å². The van der Waals surface area contributed by atoms with E-state index in [1.807, 2.05) is 0 Å². The van der Waals surface area contributed by atoms with Gasteiger partial charge in [-0.25, -0.2) is 9.78 Å². The molecular weight excluding hydrogens is 316 g/mol. The maximum atomic E-state index is 12.5. The molecule has 1 aliphatic heterocycles. The molecule has 0 amide bonds. The van der Waals surface area contributed by atoms with Gasteiger partial charge in [0.15, 0.2) is 0 Å². The molecule has 1 fully saturated rings. The molecule has 1 aromatic heterocycles. The molecule has 1 aliphatic rings. The second-order valence-corrected chi connectivity index (χ2v) is 11.6. The minimum atomic E-state index is -2.18. The number of aromatic nitrogens is 3. The Kier molecular flexibility index (Phi) is 5.24. The van der Waals surface area contributed by atoms with Crippen LogP contribution in [0, 0.1) is 0 Å². The van der Waals surface area contributed by atoms with Crippen LogP contribution in [0.5, 0.6) is 0 Å². The van der Waals surface area contributed by atoms with E-state index in [1.54, 1.807) is 0 Å². The number of aliphatic hydroxyl groups is 2. The topological polar surface area (TPSA) is 123 Å². The predicted molar refractivity (Wildman–Crippen MR) is 88.5 cm³/mol. The van der Waals surface area contributed by atoms with Gasteiger partial charge < -0.3 is 20.7 Å². The highest BCUT2D eigenvalue weighted by molar-refractivity contribution is 6.81. The summed E-state index contributed by atoms with van der Waals surface area (Å²) in [6.45, 7) is 5.97. The van der Waals surface area contributed by atoms with Crippen LogP contribution in [-0.2, 0) is 10.1 Å². The Balaban J connectivity index is 2.68. The number of nitrogen functional groups attached to an aromatic ring is 1. The lowest BCUT2D eigenvalue weighted by Crippen LogP contribution is -2.62. The Morgan fingerprint density at radius 1 is 1.43 bits per heavy atom. The Labute approximate surface area is 136 Å². The highest BCUT2D eigenvalue weighted by Gasteiger charge is 2.59. The summed E-state index contributed by atoms with van der Waals surface area (Å²) < 4.78 is 7.55. The second-order valence-electron chi connectivity index (χ2n) is 6.10. The third-order valence-corrected chi connectivity index (χ3v) is 11.7. The van der Waals surface area contributed by atoms with Gasteiger partial charge >= 0.3 is 5.69 Å². The van der Waals surface area contributed by atoms with Crippen molar-refractivity contribution in [3.8, 4) is 0 Å². The van der Waals surface area contributed by atoms with E-state index in [4.69, 9.17) is 10.5 Å². The molecule has 0 spiro atoms. The van der Waals surface area contributed by atoms with Gasteiger partial charge in [-0.15, -0.1) is 0 Å². The van der Waals surface area contributed by atoms with Gasteiger partial charge in [0, 0.05) is 6.42 Å². The van der Waals surface area contributed by atoms with Crippen molar-refractivity contribution in [1.82, 2.24) is 14.5 Å². The molecular formula is C14H26N4O4Si. The molecule has 0 radical (unpaired) electrons. The van der Waals surface area contributed by atoms with Gasteiger partial charge in [-0.3, -0.25) is 4.57 Å². The van der Waals surface area contributed by atoms with Gasteiger partial charge in [-0.05, 0) is 0 Å². The zero-order valence-electron chi connectivity index (χ0n) is 13.9. The van der Waals surface area contributed by atoms with Crippen molar-refractivity contribution >= 4 is 14.0 Å². The molecule has 23 heavy (non-hydrogen) atoms.